The number of aromatic nitrogens is 1. The van der Waals surface area contributed by atoms with Gasteiger partial charge in [0, 0.05) is 18.6 Å². The highest BCUT2D eigenvalue weighted by Gasteiger charge is 2.20. The molecule has 1 heterocycles. The van der Waals surface area contributed by atoms with E-state index in [0.29, 0.717) is 5.92 Å². The molecule has 0 bridgehead atoms. The molecule has 0 N–H and O–H groups in total. The number of hydrogen-bond donors (Lipinski definition) is 0. The second kappa shape index (κ2) is 7.00. The zero-order chi connectivity index (χ0) is 18.1. The van der Waals surface area contributed by atoms with Crippen LogP contribution in [0, 0.1) is 13.8 Å². The van der Waals surface area contributed by atoms with Gasteiger partial charge in [0.05, 0.1) is 5.39 Å². The Hall–Kier alpha value is -2.15. The van der Waals surface area contributed by atoms with E-state index >= 15 is 0 Å². The quantitative estimate of drug-likeness (QED) is 0.514. The molecule has 0 spiro atoms. The zero-order valence-electron chi connectivity index (χ0n) is 16.5. The van der Waals surface area contributed by atoms with Crippen molar-refractivity contribution in [3.8, 4) is 11.3 Å². The van der Waals surface area contributed by atoms with Gasteiger partial charge in [0.15, 0.2) is 5.69 Å². The van der Waals surface area contributed by atoms with Crippen molar-refractivity contribution in [2.75, 3.05) is 0 Å². The average Bonchev–Trinajstić information content (AvgIpc) is 2.62. The third kappa shape index (κ3) is 3.20. The minimum absolute atomic E-state index is 0.604. The fraction of sp³-hybridized carbons (Fsp3) is 0.375. The molecule has 0 saturated heterocycles. The summed E-state index contributed by atoms with van der Waals surface area (Å²) in [6.45, 7) is 11.2. The molecule has 0 aliphatic heterocycles. The lowest BCUT2D eigenvalue weighted by atomic mass is 9.92. The van der Waals surface area contributed by atoms with E-state index in [2.05, 4.69) is 88.7 Å². The summed E-state index contributed by atoms with van der Waals surface area (Å²) < 4.78 is 2.34. The lowest BCUT2D eigenvalue weighted by Crippen LogP contribution is -2.35. The number of nitrogens with zero attached hydrogens (tertiary/aromatic N) is 1. The van der Waals surface area contributed by atoms with Crippen LogP contribution in [0.2, 0.25) is 0 Å². The maximum absolute atomic E-state index is 2.39. The van der Waals surface area contributed by atoms with Gasteiger partial charge in [-0.15, -0.1) is 0 Å². The normalized spacial score (nSPS) is 12.6. The van der Waals surface area contributed by atoms with Crippen LogP contribution in [0.15, 0.2) is 42.5 Å². The van der Waals surface area contributed by atoms with Crippen LogP contribution in [0.1, 0.15) is 55.5 Å². The third-order valence-electron chi connectivity index (χ3n) is 5.71. The Morgan fingerprint density at radius 1 is 0.960 bits per heavy atom. The summed E-state index contributed by atoms with van der Waals surface area (Å²) in [4.78, 5) is 0. The Balaban J connectivity index is 2.32. The Labute approximate surface area is 152 Å². The van der Waals surface area contributed by atoms with Crippen molar-refractivity contribution >= 4 is 10.8 Å². The standard InChI is InChI=1S/C24H30N/c1-7-16(3)20-11-12-22-21(15-20)13-18(5)25(6)24(22)23-14-19(8-2)10-9-17(23)4/h9-16H,7-8H2,1-6H3/q+1. The van der Waals surface area contributed by atoms with Gasteiger partial charge in [0.25, 0.3) is 0 Å². The summed E-state index contributed by atoms with van der Waals surface area (Å²) >= 11 is 0. The number of benzene rings is 2. The van der Waals surface area contributed by atoms with Crippen LogP contribution in [0.25, 0.3) is 22.0 Å². The monoisotopic (exact) mass is 332 g/mol. The summed E-state index contributed by atoms with van der Waals surface area (Å²) in [5, 5.41) is 2.70. The maximum atomic E-state index is 2.39. The van der Waals surface area contributed by atoms with Gasteiger partial charge in [0.2, 0.25) is 5.69 Å². The van der Waals surface area contributed by atoms with Crippen LogP contribution in [-0.4, -0.2) is 0 Å². The van der Waals surface area contributed by atoms with E-state index < -0.39 is 0 Å². The highest BCUT2D eigenvalue weighted by molar-refractivity contribution is 5.94. The molecule has 130 valence electrons. The minimum atomic E-state index is 0.604. The predicted molar refractivity (Wildman–Crippen MR) is 108 cm³/mol. The van der Waals surface area contributed by atoms with Gasteiger partial charge in [-0.05, 0) is 59.9 Å². The third-order valence-corrected chi connectivity index (χ3v) is 5.71. The highest BCUT2D eigenvalue weighted by Crippen LogP contribution is 2.32. The lowest BCUT2D eigenvalue weighted by Gasteiger charge is -2.14. The molecule has 3 aromatic rings. The number of aryl methyl sites for hydroxylation is 3. The molecular formula is C24H30N+. The van der Waals surface area contributed by atoms with Gasteiger partial charge in [-0.25, -0.2) is 0 Å². The molecule has 2 aromatic carbocycles. The Morgan fingerprint density at radius 3 is 2.40 bits per heavy atom. The van der Waals surface area contributed by atoms with Crippen LogP contribution in [-0.2, 0) is 13.5 Å². The Morgan fingerprint density at radius 2 is 1.72 bits per heavy atom. The van der Waals surface area contributed by atoms with Crippen molar-refractivity contribution in [3.05, 3.63) is 64.8 Å². The first-order valence-corrected chi connectivity index (χ1v) is 9.49. The summed E-state index contributed by atoms with van der Waals surface area (Å²) in [5.41, 5.74) is 8.15. The average molecular weight is 333 g/mol. The lowest BCUT2D eigenvalue weighted by molar-refractivity contribution is -0.665. The van der Waals surface area contributed by atoms with E-state index in [-0.39, 0.29) is 0 Å². The van der Waals surface area contributed by atoms with Crippen molar-refractivity contribution in [1.29, 1.82) is 0 Å². The van der Waals surface area contributed by atoms with E-state index in [0.717, 1.165) is 6.42 Å². The van der Waals surface area contributed by atoms with Crippen molar-refractivity contribution in [2.24, 2.45) is 7.05 Å². The molecule has 0 amide bonds. The highest BCUT2D eigenvalue weighted by atomic mass is 14.9. The molecule has 0 saturated carbocycles. The van der Waals surface area contributed by atoms with Crippen LogP contribution < -0.4 is 4.57 Å². The largest absolute Gasteiger partial charge is 0.220 e. The Bertz CT molecular complexity index is 921. The van der Waals surface area contributed by atoms with Gasteiger partial charge < -0.3 is 0 Å². The first-order chi connectivity index (χ1) is 12.0. The second-order valence-electron chi connectivity index (χ2n) is 7.35. The van der Waals surface area contributed by atoms with Crippen molar-refractivity contribution in [1.82, 2.24) is 0 Å². The molecular weight excluding hydrogens is 302 g/mol. The second-order valence-corrected chi connectivity index (χ2v) is 7.35. The first-order valence-electron chi connectivity index (χ1n) is 9.49. The van der Waals surface area contributed by atoms with Crippen LogP contribution in [0.3, 0.4) is 0 Å². The van der Waals surface area contributed by atoms with Gasteiger partial charge in [-0.3, -0.25) is 0 Å². The molecule has 1 heteroatoms. The Kier molecular flexibility index (Phi) is 4.94. The molecule has 0 aliphatic rings. The summed E-state index contributed by atoms with van der Waals surface area (Å²) in [6.07, 6.45) is 2.24. The molecule has 3 rings (SSSR count). The number of rotatable bonds is 4. The molecule has 0 radical (unpaired) electrons. The maximum Gasteiger partial charge on any atom is 0.220 e. The number of fused-ring (bicyclic) bond motifs is 1. The molecule has 0 aliphatic carbocycles. The zero-order valence-corrected chi connectivity index (χ0v) is 16.5. The topological polar surface area (TPSA) is 3.88 Å². The van der Waals surface area contributed by atoms with Crippen LogP contribution >= 0.6 is 0 Å². The summed E-state index contributed by atoms with van der Waals surface area (Å²) in [7, 11) is 2.19. The van der Waals surface area contributed by atoms with Gasteiger partial charge in [-0.2, -0.15) is 4.57 Å². The van der Waals surface area contributed by atoms with Gasteiger partial charge >= 0.3 is 0 Å². The molecule has 0 fully saturated rings. The summed E-state index contributed by atoms with van der Waals surface area (Å²) in [5.74, 6) is 0.604. The van der Waals surface area contributed by atoms with E-state index in [1.807, 2.05) is 0 Å². The van der Waals surface area contributed by atoms with Gasteiger partial charge in [-0.1, -0.05) is 45.0 Å². The minimum Gasteiger partial charge on any atom is -0.198 e. The fourth-order valence-electron chi connectivity index (χ4n) is 3.61. The smallest absolute Gasteiger partial charge is 0.198 e. The summed E-state index contributed by atoms with van der Waals surface area (Å²) in [6, 6.07) is 16.2. The van der Waals surface area contributed by atoms with Crippen LogP contribution in [0.5, 0.6) is 0 Å². The fourth-order valence-corrected chi connectivity index (χ4v) is 3.61. The van der Waals surface area contributed by atoms with Crippen molar-refractivity contribution < 1.29 is 4.57 Å². The molecule has 1 atom stereocenters. The van der Waals surface area contributed by atoms with Gasteiger partial charge in [0.1, 0.15) is 7.05 Å². The van der Waals surface area contributed by atoms with Crippen LogP contribution in [0.4, 0.5) is 0 Å². The van der Waals surface area contributed by atoms with Crippen molar-refractivity contribution in [3.63, 3.8) is 0 Å². The molecule has 1 unspecified atom stereocenters. The van der Waals surface area contributed by atoms with E-state index in [9.17, 15) is 0 Å². The number of hydrogen-bond acceptors (Lipinski definition) is 0. The molecule has 1 aromatic heterocycles. The predicted octanol–water partition coefficient (Wildman–Crippen LogP) is 6.02. The first kappa shape index (κ1) is 17.7. The molecule has 25 heavy (non-hydrogen) atoms. The SMILES string of the molecule is CCc1ccc(C)c(-c2c3ccc(C(C)CC)cc3cc(C)[n+]2C)c1. The van der Waals surface area contributed by atoms with E-state index in [1.54, 1.807) is 0 Å². The van der Waals surface area contributed by atoms with E-state index in [4.69, 9.17) is 0 Å². The van der Waals surface area contributed by atoms with E-state index in [1.165, 1.54) is 50.8 Å². The number of pyridine rings is 1. The molecule has 1 nitrogen and oxygen atoms in total. The van der Waals surface area contributed by atoms with Crippen molar-refractivity contribution in [2.45, 2.75) is 53.4 Å².